The van der Waals surface area contributed by atoms with Crippen molar-refractivity contribution in [3.05, 3.63) is 211 Å². The average Bonchev–Trinajstić information content (AvgIpc) is 3.74. The summed E-state index contributed by atoms with van der Waals surface area (Å²) in [5.41, 5.74) is 11.0. The minimum Gasteiger partial charge on any atom is -0.497 e. The van der Waals surface area contributed by atoms with Gasteiger partial charge in [0.25, 0.3) is 0 Å². The highest BCUT2D eigenvalue weighted by Crippen LogP contribution is 2.36. The number of benzene rings is 5. The Morgan fingerprint density at radius 1 is 0.768 bits per heavy atom. The predicted octanol–water partition coefficient (Wildman–Crippen LogP) is 11.5. The number of hydrogen-bond acceptors (Lipinski definition) is 2. The zero-order chi connectivity index (χ0) is 39.2. The molecule has 1 aliphatic rings. The molecule has 0 N–H and O–H groups in total. The van der Waals surface area contributed by atoms with Crippen LogP contribution in [0.4, 0.5) is 0 Å². The van der Waals surface area contributed by atoms with Crippen molar-refractivity contribution in [3.63, 3.8) is 0 Å². The number of rotatable bonds is 14. The smallest absolute Gasteiger partial charge is 0.180 e. The Morgan fingerprint density at radius 2 is 1.38 bits per heavy atom. The molecule has 56 heavy (non-hydrogen) atoms. The summed E-state index contributed by atoms with van der Waals surface area (Å²) in [7, 11) is -2.70. The van der Waals surface area contributed by atoms with Gasteiger partial charge < -0.3 is 9.15 Å². The maximum Gasteiger partial charge on any atom is 0.180 e. The Balaban J connectivity index is 1.46. The molecule has 0 saturated carbocycles. The topological polar surface area (TPSA) is 22.4 Å². The highest BCUT2D eigenvalue weighted by Gasteiger charge is 2.48. The first-order chi connectivity index (χ1) is 27.3. The molecular weight excluding hydrogens is 697 g/mol. The summed E-state index contributed by atoms with van der Waals surface area (Å²) in [5.74, 6) is 1.83. The lowest BCUT2D eigenvalue weighted by Gasteiger charge is -2.31. The second-order valence-electron chi connectivity index (χ2n) is 14.3. The van der Waals surface area contributed by atoms with E-state index in [1.165, 1.54) is 43.0 Å². The number of para-hydroxylation sites is 1. The van der Waals surface area contributed by atoms with Gasteiger partial charge in [-0.2, -0.15) is 0 Å². The van der Waals surface area contributed by atoms with Crippen molar-refractivity contribution in [1.29, 1.82) is 0 Å². The molecular formula is C53H50O2Si. The van der Waals surface area contributed by atoms with Gasteiger partial charge in [-0.3, -0.25) is 0 Å². The van der Waals surface area contributed by atoms with Gasteiger partial charge in [0, 0.05) is 22.9 Å². The molecule has 6 aromatic rings. The lowest BCUT2D eigenvalue weighted by molar-refractivity contribution is 0.218. The summed E-state index contributed by atoms with van der Waals surface area (Å²) in [6.07, 6.45) is 13.9. The Kier molecular flexibility index (Phi) is 11.4. The Morgan fingerprint density at radius 3 is 1.98 bits per heavy atom. The molecule has 5 aromatic carbocycles. The minimum absolute atomic E-state index is 0.563. The van der Waals surface area contributed by atoms with Gasteiger partial charge in [0.15, 0.2) is 8.07 Å². The Labute approximate surface area is 333 Å². The largest absolute Gasteiger partial charge is 0.497 e. The van der Waals surface area contributed by atoms with Crippen LogP contribution in [0.15, 0.2) is 193 Å². The molecule has 0 saturated heterocycles. The summed E-state index contributed by atoms with van der Waals surface area (Å²) in [6.45, 7) is 21.5. The van der Waals surface area contributed by atoms with Crippen LogP contribution in [0.1, 0.15) is 56.6 Å². The van der Waals surface area contributed by atoms with Gasteiger partial charge >= 0.3 is 0 Å². The molecule has 0 atom stereocenters. The van der Waals surface area contributed by atoms with Crippen molar-refractivity contribution in [2.24, 2.45) is 0 Å². The number of ether oxygens (including phenoxy) is 1. The molecule has 1 aliphatic heterocycles. The fraction of sp³-hybridized carbons (Fsp3) is 0.132. The zero-order valence-electron chi connectivity index (χ0n) is 33.1. The number of hydrogen-bond donors (Lipinski definition) is 0. The van der Waals surface area contributed by atoms with Crippen LogP contribution >= 0.6 is 0 Å². The third-order valence-electron chi connectivity index (χ3n) is 11.0. The van der Waals surface area contributed by atoms with Gasteiger partial charge in [0.1, 0.15) is 17.1 Å². The maximum atomic E-state index is 6.30. The summed E-state index contributed by atoms with van der Waals surface area (Å²) in [4.78, 5) is 0. The van der Waals surface area contributed by atoms with Crippen molar-refractivity contribution in [2.75, 3.05) is 6.61 Å². The summed E-state index contributed by atoms with van der Waals surface area (Å²) in [6, 6.07) is 44.8. The lowest BCUT2D eigenvalue weighted by Crippen LogP contribution is -2.72. The van der Waals surface area contributed by atoms with Gasteiger partial charge in [-0.1, -0.05) is 148 Å². The first-order valence-electron chi connectivity index (χ1n) is 19.6. The summed E-state index contributed by atoms with van der Waals surface area (Å²) < 4.78 is 12.5. The van der Waals surface area contributed by atoms with Crippen molar-refractivity contribution in [1.82, 2.24) is 0 Å². The van der Waals surface area contributed by atoms with E-state index < -0.39 is 8.07 Å². The second kappa shape index (κ2) is 16.7. The summed E-state index contributed by atoms with van der Waals surface area (Å²) >= 11 is 0. The average molecular weight is 747 g/mol. The normalized spacial score (nSPS) is 14.0. The predicted molar refractivity (Wildman–Crippen MR) is 244 cm³/mol. The molecule has 0 amide bonds. The van der Waals surface area contributed by atoms with Crippen molar-refractivity contribution >= 4 is 57.0 Å². The Bertz CT molecular complexity index is 2520. The minimum atomic E-state index is -2.70. The maximum absolute atomic E-state index is 6.30. The first-order valence-corrected chi connectivity index (χ1v) is 21.6. The lowest BCUT2D eigenvalue weighted by atomic mass is 9.94. The van der Waals surface area contributed by atoms with Crippen LogP contribution in [0.25, 0.3) is 39.3 Å². The molecule has 0 aliphatic carbocycles. The number of allylic oxidation sites excluding steroid dienone is 9. The van der Waals surface area contributed by atoms with Crippen molar-refractivity contribution < 1.29 is 9.15 Å². The molecule has 0 spiro atoms. The molecule has 2 heterocycles. The van der Waals surface area contributed by atoms with E-state index >= 15 is 0 Å². The van der Waals surface area contributed by atoms with Crippen molar-refractivity contribution in [2.45, 2.75) is 40.5 Å². The third kappa shape index (κ3) is 6.95. The number of furan rings is 1. The molecule has 0 bridgehead atoms. The van der Waals surface area contributed by atoms with Crippen LogP contribution in [0.5, 0.6) is 0 Å². The van der Waals surface area contributed by atoms with E-state index in [0.29, 0.717) is 6.61 Å². The third-order valence-corrected chi connectivity index (χ3v) is 15.9. The standard InChI is InChI=1S/C53H50O2Si/c1-8-12-32-54-39(7)46(37(5)21-9-2)34-40(10-3)42-29-31-53-49(36-42)48-35-41(38(6)33-47-45-26-19-20-27-51(45)55-50(47)11-4)28-30-52(48)56(53,43-22-15-13-16-23-43)44-24-17-14-18-25-44/h8-10,13-31,33-36H,1,3,5,11-12,32H2,2,4,6-7H3/b21-9-,38-33+,40-34+,46-39-. The van der Waals surface area contributed by atoms with Crippen LogP contribution in [-0.4, -0.2) is 14.7 Å². The molecule has 0 fully saturated rings. The number of aryl methyl sites for hydroxylation is 1. The molecule has 3 heteroatoms. The van der Waals surface area contributed by atoms with Gasteiger partial charge in [0.05, 0.1) is 6.61 Å². The van der Waals surface area contributed by atoms with Gasteiger partial charge in [0.2, 0.25) is 0 Å². The quantitative estimate of drug-likeness (QED) is 0.0363. The van der Waals surface area contributed by atoms with E-state index in [9.17, 15) is 0 Å². The summed E-state index contributed by atoms with van der Waals surface area (Å²) in [5, 5.41) is 6.68. The van der Waals surface area contributed by atoms with E-state index in [1.807, 2.05) is 44.2 Å². The monoisotopic (exact) mass is 746 g/mol. The molecule has 278 valence electrons. The molecule has 1 aromatic heterocycles. The fourth-order valence-electron chi connectivity index (χ4n) is 8.26. The van der Waals surface area contributed by atoms with Gasteiger partial charge in [-0.25, -0.2) is 0 Å². The van der Waals surface area contributed by atoms with Gasteiger partial charge in [-0.15, -0.1) is 6.58 Å². The SMILES string of the molecule is C=CCCO/C(C)=C(/C=C(\C=C)c1ccc2c(c1)-c1cc(/C(C)=C/c3c(CC)oc4ccccc34)ccc1[Si]2(c1ccccc1)c1ccccc1)C(=C)/C=C\C. The van der Waals surface area contributed by atoms with E-state index in [4.69, 9.17) is 9.15 Å². The van der Waals surface area contributed by atoms with E-state index in [-0.39, 0.29) is 0 Å². The first kappa shape index (κ1) is 38.1. The van der Waals surface area contributed by atoms with Crippen LogP contribution in [0.3, 0.4) is 0 Å². The highest BCUT2D eigenvalue weighted by molar-refractivity contribution is 7.22. The van der Waals surface area contributed by atoms with E-state index in [0.717, 1.165) is 63.2 Å². The van der Waals surface area contributed by atoms with Crippen LogP contribution in [0.2, 0.25) is 0 Å². The highest BCUT2D eigenvalue weighted by atomic mass is 28.3. The van der Waals surface area contributed by atoms with E-state index in [1.54, 1.807) is 0 Å². The zero-order valence-corrected chi connectivity index (χ0v) is 34.1. The van der Waals surface area contributed by atoms with Gasteiger partial charge in [-0.05, 0) is 117 Å². The van der Waals surface area contributed by atoms with E-state index in [2.05, 4.69) is 161 Å². The van der Waals surface area contributed by atoms with Crippen LogP contribution < -0.4 is 20.7 Å². The van der Waals surface area contributed by atoms with Crippen molar-refractivity contribution in [3.8, 4) is 11.1 Å². The number of fused-ring (bicyclic) bond motifs is 4. The molecule has 0 unspecified atom stereocenters. The molecule has 0 radical (unpaired) electrons. The molecule has 7 rings (SSSR count). The van der Waals surface area contributed by atoms with Crippen LogP contribution in [0, 0.1) is 0 Å². The fourth-order valence-corrected chi connectivity index (χ4v) is 13.4. The Hall–Kier alpha value is -6.16. The second-order valence-corrected chi connectivity index (χ2v) is 18.1. The van der Waals surface area contributed by atoms with Crippen LogP contribution in [-0.2, 0) is 11.2 Å². The molecule has 2 nitrogen and oxygen atoms in total.